The van der Waals surface area contributed by atoms with Crippen LogP contribution in [0.4, 0.5) is 87.8 Å². The average Bonchev–Trinajstić information content (AvgIpc) is 3.33. The van der Waals surface area contributed by atoms with E-state index < -0.39 is 144 Å². The molecule has 25 heteroatoms. The summed E-state index contributed by atoms with van der Waals surface area (Å²) in [6, 6.07) is 17.0. The second kappa shape index (κ2) is 19.0. The number of carbonyl (C=O) groups excluding carboxylic acids is 1. The van der Waals surface area contributed by atoms with E-state index in [1.807, 2.05) is 61.5 Å². The van der Waals surface area contributed by atoms with Crippen LogP contribution < -0.4 is 31.2 Å². The predicted octanol–water partition coefficient (Wildman–Crippen LogP) is 9.20. The summed E-state index contributed by atoms with van der Waals surface area (Å²) < 4.78 is 302. The van der Waals surface area contributed by atoms with Crippen molar-refractivity contribution in [1.82, 2.24) is 4.98 Å². The van der Waals surface area contributed by atoms with Crippen LogP contribution in [0.1, 0.15) is 15.9 Å². The SMILES string of the molecule is Cc1ccccc1Oc1cncc[n+]1CC(=O)c1ccccc1.Fc1c(F)c(F)c([B-](c2c(F)c(F)c(F)c(F)c2F)(c2c(F)c(F)c(F)c(F)c2F)c2c(F)c(F)c(F)c(F)c2F)c(F)c1F. The van der Waals surface area contributed by atoms with Crippen molar-refractivity contribution in [1.29, 1.82) is 0 Å². The van der Waals surface area contributed by atoms with Crippen molar-refractivity contribution in [2.45, 2.75) is 13.5 Å². The topological polar surface area (TPSA) is 43.1 Å². The molecule has 7 aromatic rings. The molecule has 0 saturated carbocycles. The van der Waals surface area contributed by atoms with E-state index in [9.17, 15) is 57.5 Å². The quantitative estimate of drug-likeness (QED) is 0.0362. The van der Waals surface area contributed by atoms with Crippen LogP contribution in [0, 0.1) is 123 Å². The molecule has 0 spiro atoms. The van der Waals surface area contributed by atoms with Gasteiger partial charge < -0.3 is 4.74 Å². The number of halogens is 20. The summed E-state index contributed by atoms with van der Waals surface area (Å²) in [6.07, 6.45) is -2.21. The van der Waals surface area contributed by atoms with Gasteiger partial charge in [-0.2, -0.15) is 4.57 Å². The van der Waals surface area contributed by atoms with Crippen molar-refractivity contribution in [3.8, 4) is 11.6 Å². The molecule has 0 aliphatic rings. The van der Waals surface area contributed by atoms with Crippen LogP contribution in [0.3, 0.4) is 0 Å². The van der Waals surface area contributed by atoms with Gasteiger partial charge in [0, 0.05) is 5.56 Å². The molecule has 0 aliphatic heterocycles. The first-order valence-corrected chi connectivity index (χ1v) is 18.3. The van der Waals surface area contributed by atoms with Crippen molar-refractivity contribution in [3.05, 3.63) is 201 Å². The highest BCUT2D eigenvalue weighted by atomic mass is 19.2. The van der Waals surface area contributed by atoms with Crippen molar-refractivity contribution >= 4 is 33.8 Å². The van der Waals surface area contributed by atoms with Gasteiger partial charge in [0.25, 0.3) is 0 Å². The van der Waals surface area contributed by atoms with E-state index in [1.165, 1.54) is 0 Å². The molecular weight excluding hydrogens is 967 g/mol. The maximum atomic E-state index is 15.4. The fourth-order valence-electron chi connectivity index (χ4n) is 7.12. The van der Waals surface area contributed by atoms with Crippen LogP contribution >= 0.6 is 0 Å². The number of rotatable bonds is 9. The highest BCUT2D eigenvalue weighted by molar-refractivity contribution is 7.20. The molecule has 7 rings (SSSR count). The Labute approximate surface area is 366 Å². The lowest BCUT2D eigenvalue weighted by molar-refractivity contribution is -0.687. The van der Waals surface area contributed by atoms with Crippen LogP contribution in [-0.2, 0) is 6.54 Å². The zero-order valence-corrected chi connectivity index (χ0v) is 33.0. The summed E-state index contributed by atoms with van der Waals surface area (Å²) >= 11 is 0. The van der Waals surface area contributed by atoms with Gasteiger partial charge in [-0.3, -0.25) is 4.79 Å². The Kier molecular flexibility index (Phi) is 14.0. The van der Waals surface area contributed by atoms with Crippen LogP contribution in [-0.4, -0.2) is 16.9 Å². The number of aryl methyl sites for hydroxylation is 1. The molecule has 1 aromatic heterocycles. The van der Waals surface area contributed by atoms with Crippen molar-refractivity contribution in [2.75, 3.05) is 0 Å². The molecule has 0 atom stereocenters. The number of Topliss-reactive ketones (excluding diaryl/α,β-unsaturated/α-hetero) is 1. The number of hydrogen-bond acceptors (Lipinski definition) is 3. The number of ketones is 1. The molecule has 6 aromatic carbocycles. The first-order chi connectivity index (χ1) is 31.9. The lowest BCUT2D eigenvalue weighted by atomic mass is 9.12. The molecule has 0 unspecified atom stereocenters. The van der Waals surface area contributed by atoms with Gasteiger partial charge >= 0.3 is 5.88 Å². The molecule has 4 nitrogen and oxygen atoms in total. The summed E-state index contributed by atoms with van der Waals surface area (Å²) in [5, 5.41) is 0. The third-order valence-corrected chi connectivity index (χ3v) is 10.2. The van der Waals surface area contributed by atoms with Gasteiger partial charge in [-0.05, 0) is 18.6 Å². The summed E-state index contributed by atoms with van der Waals surface area (Å²) in [5.74, 6) is -70.1. The fourth-order valence-corrected chi connectivity index (χ4v) is 7.12. The van der Waals surface area contributed by atoms with Crippen LogP contribution in [0.5, 0.6) is 11.6 Å². The number of para-hydroxylation sites is 1. The fraction of sp³-hybridized carbons (Fsp3) is 0.0465. The second-order valence-electron chi connectivity index (χ2n) is 14.0. The zero-order chi connectivity index (χ0) is 50.4. The van der Waals surface area contributed by atoms with E-state index in [1.54, 1.807) is 23.2 Å². The lowest BCUT2D eigenvalue weighted by Crippen LogP contribution is -2.81. The predicted molar refractivity (Wildman–Crippen MR) is 196 cm³/mol. The van der Waals surface area contributed by atoms with E-state index in [4.69, 9.17) is 4.74 Å². The number of ether oxygens (including phenoxy) is 1. The van der Waals surface area contributed by atoms with E-state index in [0.29, 0.717) is 11.4 Å². The standard InChI is InChI=1S/C24BF20.C19H17N2O2/c26-5-1(6(27)14(35)21(42)13(5)34)25(2-7(28)15(36)22(43)16(37)8(2)29,3-9(30)17(38)23(44)18(39)10(3)31)4-11(32)19(40)24(45)20(41)12(4)33;1-15-7-5-6-10-18(15)23-19-13-20-11-12-21(19)14-17(22)16-8-3-2-4-9-16/h;2-13H,14H2,1H3/q-1;+1. The Bertz CT molecular complexity index is 2790. The Morgan fingerprint density at radius 2 is 0.765 bits per heavy atom. The van der Waals surface area contributed by atoms with E-state index >= 15 is 35.1 Å². The van der Waals surface area contributed by atoms with Gasteiger partial charge in [-0.25, -0.2) is 92.8 Å². The largest absolute Gasteiger partial charge is 0.404 e. The van der Waals surface area contributed by atoms with E-state index in [-0.39, 0.29) is 12.3 Å². The monoisotopic (exact) mass is 984 g/mol. The number of benzene rings is 6. The molecule has 0 saturated heterocycles. The number of nitrogens with zero attached hydrogens (tertiary/aromatic N) is 2. The van der Waals surface area contributed by atoms with Crippen molar-refractivity contribution < 1.29 is 102 Å². The van der Waals surface area contributed by atoms with Gasteiger partial charge in [0.2, 0.25) is 12.3 Å². The number of carbonyl (C=O) groups is 1. The smallest absolute Gasteiger partial charge is 0.392 e. The van der Waals surface area contributed by atoms with E-state index in [0.717, 1.165) is 11.3 Å². The minimum Gasteiger partial charge on any atom is -0.404 e. The first kappa shape index (κ1) is 50.0. The van der Waals surface area contributed by atoms with Crippen molar-refractivity contribution in [3.63, 3.8) is 0 Å². The molecule has 1 heterocycles. The normalized spacial score (nSPS) is 11.4. The molecule has 68 heavy (non-hydrogen) atoms. The lowest BCUT2D eigenvalue weighted by Gasteiger charge is -2.44. The minimum absolute atomic E-state index is 0.0245. The Balaban J connectivity index is 0.000000276. The van der Waals surface area contributed by atoms with Gasteiger partial charge in [-0.1, -0.05) is 48.5 Å². The molecule has 0 aliphatic carbocycles. The summed E-state index contributed by atoms with van der Waals surface area (Å²) in [4.78, 5) is 16.5. The van der Waals surface area contributed by atoms with Gasteiger partial charge in [0.15, 0.2) is 76.0 Å². The van der Waals surface area contributed by atoms with E-state index in [2.05, 4.69) is 4.98 Å². The molecule has 0 N–H and O–H groups in total. The highest BCUT2D eigenvalue weighted by Crippen LogP contribution is 2.31. The Hall–Kier alpha value is -7.47. The summed E-state index contributed by atoms with van der Waals surface area (Å²) in [6.45, 7) is 2.18. The molecule has 0 bridgehead atoms. The molecule has 0 amide bonds. The highest BCUT2D eigenvalue weighted by Gasteiger charge is 2.52. The third-order valence-electron chi connectivity index (χ3n) is 10.2. The first-order valence-electron chi connectivity index (χ1n) is 18.3. The summed E-state index contributed by atoms with van der Waals surface area (Å²) in [5.41, 5.74) is -12.6. The van der Waals surface area contributed by atoms with Crippen molar-refractivity contribution in [2.24, 2.45) is 0 Å². The van der Waals surface area contributed by atoms with Crippen LogP contribution in [0.25, 0.3) is 0 Å². The number of aromatic nitrogens is 2. The Morgan fingerprint density at radius 1 is 0.456 bits per heavy atom. The second-order valence-corrected chi connectivity index (χ2v) is 14.0. The van der Waals surface area contributed by atoms with Gasteiger partial charge in [-0.15, -0.1) is 21.9 Å². The maximum Gasteiger partial charge on any atom is 0.392 e. The number of hydrogen-bond donors (Lipinski definition) is 0. The molecule has 0 fully saturated rings. The third kappa shape index (κ3) is 8.11. The zero-order valence-electron chi connectivity index (χ0n) is 33.0. The minimum atomic E-state index is -7.22. The summed E-state index contributed by atoms with van der Waals surface area (Å²) in [7, 11) is 0. The molecule has 354 valence electrons. The van der Waals surface area contributed by atoms with Gasteiger partial charge in [0.05, 0.1) is 6.20 Å². The molecular formula is C43H17BF20N2O2. The molecule has 0 radical (unpaired) electrons. The van der Waals surface area contributed by atoms with Crippen LogP contribution in [0.2, 0.25) is 0 Å². The van der Waals surface area contributed by atoms with Gasteiger partial charge in [0.1, 0.15) is 64.6 Å². The van der Waals surface area contributed by atoms with Crippen LogP contribution in [0.15, 0.2) is 73.2 Å². The maximum absolute atomic E-state index is 15.4. The average molecular weight is 984 g/mol. The Morgan fingerprint density at radius 3 is 1.10 bits per heavy atom.